The number of carbonyl (C=O) groups excluding carboxylic acids is 2. The number of nitrogens with zero attached hydrogens (tertiary/aromatic N) is 1. The molecule has 0 spiro atoms. The molecule has 1 aromatic rings. The number of ether oxygens (including phenoxy) is 1. The minimum absolute atomic E-state index is 0.258. The fourth-order valence-corrected chi connectivity index (χ4v) is 1.81. The molecule has 2 N–H and O–H groups in total. The number of hydrogen-bond acceptors (Lipinski definition) is 4. The van der Waals surface area contributed by atoms with Crippen LogP contribution in [-0.2, 0) is 16.0 Å². The highest BCUT2D eigenvalue weighted by Crippen LogP contribution is 2.21. The summed E-state index contributed by atoms with van der Waals surface area (Å²) in [5.41, 5.74) is 1.04. The molecule has 0 unspecified atom stereocenters. The molecule has 0 aromatic carbocycles. The molecule has 0 radical (unpaired) electrons. The Kier molecular flexibility index (Phi) is 3.42. The van der Waals surface area contributed by atoms with Crippen LogP contribution in [0.5, 0.6) is 0 Å². The standard InChI is InChI=1S/C13H17N3O3/c1-13(2,3)19-12(18)16-9-6-8-4-5-14-7-10(8)15-11(9)17/h4-5,7,9H,6H2,1-3H3,(H,15,17)(H,16,18)/t9-/m0/s1. The maximum absolute atomic E-state index is 11.8. The number of alkyl carbamates (subject to hydrolysis) is 1. The molecule has 0 fully saturated rings. The summed E-state index contributed by atoms with van der Waals surface area (Å²) in [6, 6.07) is 1.20. The zero-order valence-corrected chi connectivity index (χ0v) is 11.2. The lowest BCUT2D eigenvalue weighted by atomic mass is 10.0. The first-order chi connectivity index (χ1) is 8.85. The number of aromatic nitrogens is 1. The van der Waals surface area contributed by atoms with E-state index in [2.05, 4.69) is 15.6 Å². The van der Waals surface area contributed by atoms with Crippen LogP contribution in [0.1, 0.15) is 26.3 Å². The van der Waals surface area contributed by atoms with Gasteiger partial charge in [-0.05, 0) is 32.4 Å². The number of carbonyl (C=O) groups is 2. The van der Waals surface area contributed by atoms with Crippen molar-refractivity contribution in [2.75, 3.05) is 5.32 Å². The van der Waals surface area contributed by atoms with Crippen molar-refractivity contribution in [3.05, 3.63) is 24.0 Å². The van der Waals surface area contributed by atoms with Crippen LogP contribution in [0.4, 0.5) is 10.5 Å². The van der Waals surface area contributed by atoms with E-state index in [1.165, 1.54) is 0 Å². The molecule has 0 aliphatic carbocycles. The maximum Gasteiger partial charge on any atom is 0.408 e. The fourth-order valence-electron chi connectivity index (χ4n) is 1.81. The predicted octanol–water partition coefficient (Wildman–Crippen LogP) is 1.47. The summed E-state index contributed by atoms with van der Waals surface area (Å²) < 4.78 is 5.13. The first-order valence-corrected chi connectivity index (χ1v) is 6.08. The third kappa shape index (κ3) is 3.43. The molecule has 1 aliphatic heterocycles. The van der Waals surface area contributed by atoms with Crippen molar-refractivity contribution in [3.8, 4) is 0 Å². The van der Waals surface area contributed by atoms with Crippen molar-refractivity contribution >= 4 is 17.7 Å². The van der Waals surface area contributed by atoms with Crippen molar-refractivity contribution in [2.45, 2.75) is 38.8 Å². The van der Waals surface area contributed by atoms with Gasteiger partial charge >= 0.3 is 6.09 Å². The van der Waals surface area contributed by atoms with Crippen LogP contribution >= 0.6 is 0 Å². The highest BCUT2D eigenvalue weighted by molar-refractivity contribution is 5.99. The Labute approximate surface area is 111 Å². The van der Waals surface area contributed by atoms with E-state index in [1.54, 1.807) is 33.2 Å². The van der Waals surface area contributed by atoms with Gasteiger partial charge in [0.2, 0.25) is 5.91 Å². The molecule has 2 amide bonds. The van der Waals surface area contributed by atoms with Crippen LogP contribution in [0.3, 0.4) is 0 Å². The average Bonchev–Trinajstić information content (AvgIpc) is 2.27. The van der Waals surface area contributed by atoms with Crippen LogP contribution in [-0.4, -0.2) is 28.6 Å². The molecule has 0 bridgehead atoms. The highest BCUT2D eigenvalue weighted by Gasteiger charge is 2.29. The van der Waals surface area contributed by atoms with E-state index in [1.807, 2.05) is 6.07 Å². The molecule has 0 saturated heterocycles. The number of nitrogens with one attached hydrogen (secondary N) is 2. The van der Waals surface area contributed by atoms with Gasteiger partial charge < -0.3 is 15.4 Å². The molecule has 2 rings (SSSR count). The lowest BCUT2D eigenvalue weighted by Crippen LogP contribution is -2.49. The number of fused-ring (bicyclic) bond motifs is 1. The monoisotopic (exact) mass is 263 g/mol. The van der Waals surface area contributed by atoms with Gasteiger partial charge in [-0.15, -0.1) is 0 Å². The number of hydrogen-bond donors (Lipinski definition) is 2. The van der Waals surface area contributed by atoms with E-state index in [4.69, 9.17) is 4.74 Å². The summed E-state index contributed by atoms with van der Waals surface area (Å²) in [6.07, 6.45) is 3.09. The van der Waals surface area contributed by atoms with E-state index < -0.39 is 17.7 Å². The minimum Gasteiger partial charge on any atom is -0.444 e. The van der Waals surface area contributed by atoms with Gasteiger partial charge in [0, 0.05) is 12.6 Å². The number of rotatable bonds is 1. The van der Waals surface area contributed by atoms with Crippen molar-refractivity contribution in [1.29, 1.82) is 0 Å². The lowest BCUT2D eigenvalue weighted by molar-refractivity contribution is -0.118. The highest BCUT2D eigenvalue weighted by atomic mass is 16.6. The molecule has 1 aliphatic rings. The SMILES string of the molecule is CC(C)(C)OC(=O)N[C@H]1Cc2ccncc2NC1=O. The molecule has 19 heavy (non-hydrogen) atoms. The average molecular weight is 263 g/mol. The van der Waals surface area contributed by atoms with Gasteiger partial charge in [-0.2, -0.15) is 0 Å². The lowest BCUT2D eigenvalue weighted by Gasteiger charge is -2.26. The largest absolute Gasteiger partial charge is 0.444 e. The normalized spacial score (nSPS) is 18.3. The van der Waals surface area contributed by atoms with Gasteiger partial charge in [-0.1, -0.05) is 0 Å². The maximum atomic E-state index is 11.8. The summed E-state index contributed by atoms with van der Waals surface area (Å²) in [7, 11) is 0. The zero-order valence-electron chi connectivity index (χ0n) is 11.2. The summed E-state index contributed by atoms with van der Waals surface area (Å²) in [4.78, 5) is 27.4. The third-order valence-electron chi connectivity index (χ3n) is 2.60. The van der Waals surface area contributed by atoms with Crippen molar-refractivity contribution < 1.29 is 14.3 Å². The Morgan fingerprint density at radius 2 is 2.26 bits per heavy atom. The second kappa shape index (κ2) is 4.87. The molecule has 6 heteroatoms. The number of pyridine rings is 1. The van der Waals surface area contributed by atoms with Gasteiger partial charge in [-0.3, -0.25) is 9.78 Å². The quantitative estimate of drug-likeness (QED) is 0.804. The molecule has 0 saturated carbocycles. The first kappa shape index (κ1) is 13.3. The van der Waals surface area contributed by atoms with Crippen LogP contribution < -0.4 is 10.6 Å². The topological polar surface area (TPSA) is 80.3 Å². The van der Waals surface area contributed by atoms with Gasteiger partial charge in [-0.25, -0.2) is 4.79 Å². The summed E-state index contributed by atoms with van der Waals surface area (Å²) in [6.45, 7) is 5.32. The summed E-state index contributed by atoms with van der Waals surface area (Å²) in [5, 5.41) is 5.28. The second-order valence-corrected chi connectivity index (χ2v) is 5.43. The smallest absolute Gasteiger partial charge is 0.408 e. The van der Waals surface area contributed by atoms with Crippen molar-refractivity contribution in [3.63, 3.8) is 0 Å². The number of anilines is 1. The van der Waals surface area contributed by atoms with Crippen molar-refractivity contribution in [1.82, 2.24) is 10.3 Å². The van der Waals surface area contributed by atoms with Crippen LogP contribution in [0.15, 0.2) is 18.5 Å². The second-order valence-electron chi connectivity index (χ2n) is 5.43. The molecule has 102 valence electrons. The minimum atomic E-state index is -0.621. The van der Waals surface area contributed by atoms with Crippen molar-refractivity contribution in [2.24, 2.45) is 0 Å². The summed E-state index contributed by atoms with van der Waals surface area (Å²) >= 11 is 0. The Morgan fingerprint density at radius 3 is 2.95 bits per heavy atom. The molecule has 1 atom stereocenters. The molecular formula is C13H17N3O3. The Hall–Kier alpha value is -2.11. The Balaban J connectivity index is 2.03. The predicted molar refractivity (Wildman–Crippen MR) is 69.7 cm³/mol. The zero-order chi connectivity index (χ0) is 14.0. The van der Waals surface area contributed by atoms with E-state index in [9.17, 15) is 9.59 Å². The van der Waals surface area contributed by atoms with E-state index in [0.717, 1.165) is 5.56 Å². The van der Waals surface area contributed by atoms with E-state index >= 15 is 0 Å². The Bertz CT molecular complexity index is 508. The van der Waals surface area contributed by atoms with E-state index in [-0.39, 0.29) is 5.91 Å². The third-order valence-corrected chi connectivity index (χ3v) is 2.60. The van der Waals surface area contributed by atoms with Crippen LogP contribution in [0.2, 0.25) is 0 Å². The molecule has 1 aromatic heterocycles. The van der Waals surface area contributed by atoms with Gasteiger partial charge in [0.25, 0.3) is 0 Å². The fraction of sp³-hybridized carbons (Fsp3) is 0.462. The first-order valence-electron chi connectivity index (χ1n) is 6.08. The van der Waals surface area contributed by atoms with Crippen LogP contribution in [0, 0.1) is 0 Å². The molecule has 2 heterocycles. The van der Waals surface area contributed by atoms with Gasteiger partial charge in [0.1, 0.15) is 11.6 Å². The molecular weight excluding hydrogens is 246 g/mol. The summed E-state index contributed by atoms with van der Waals surface area (Å²) in [5.74, 6) is -0.258. The van der Waals surface area contributed by atoms with Crippen LogP contribution in [0.25, 0.3) is 0 Å². The van der Waals surface area contributed by atoms with E-state index in [0.29, 0.717) is 12.1 Å². The van der Waals surface area contributed by atoms with Gasteiger partial charge in [0.15, 0.2) is 0 Å². The number of amides is 2. The van der Waals surface area contributed by atoms with Gasteiger partial charge in [0.05, 0.1) is 11.9 Å². The molecule has 6 nitrogen and oxygen atoms in total. The Morgan fingerprint density at radius 1 is 1.53 bits per heavy atom.